The van der Waals surface area contributed by atoms with E-state index in [4.69, 9.17) is 4.42 Å². The molecule has 3 fully saturated rings. The van der Waals surface area contributed by atoms with Gasteiger partial charge >= 0.3 is 5.63 Å². The summed E-state index contributed by atoms with van der Waals surface area (Å²) in [5.74, 6) is 2.02. The Hall–Kier alpha value is -1.09. The van der Waals surface area contributed by atoms with E-state index >= 15 is 0 Å². The van der Waals surface area contributed by atoms with Crippen molar-refractivity contribution >= 4 is 0 Å². The molecule has 3 aliphatic carbocycles. The smallest absolute Gasteiger partial charge is 0.335 e. The molecule has 0 aliphatic heterocycles. The first-order valence-electron chi connectivity index (χ1n) is 10.0. The Morgan fingerprint density at radius 3 is 2.48 bits per heavy atom. The number of rotatable bonds is 1. The van der Waals surface area contributed by atoms with Crippen LogP contribution in [0.15, 0.2) is 27.6 Å². The molecule has 0 radical (unpaired) electrons. The second kappa shape index (κ2) is 5.45. The van der Waals surface area contributed by atoms with E-state index < -0.39 is 5.60 Å². The summed E-state index contributed by atoms with van der Waals surface area (Å²) in [5, 5.41) is 12.0. The number of hydrogen-bond acceptors (Lipinski definition) is 3. The molecule has 3 nitrogen and oxygen atoms in total. The van der Waals surface area contributed by atoms with Crippen LogP contribution in [0.5, 0.6) is 0 Å². The Kier molecular flexibility index (Phi) is 3.78. The van der Waals surface area contributed by atoms with Gasteiger partial charge in [0.15, 0.2) is 0 Å². The monoisotopic (exact) mass is 344 g/mol. The van der Waals surface area contributed by atoms with Crippen LogP contribution in [-0.4, -0.2) is 10.7 Å². The van der Waals surface area contributed by atoms with Crippen molar-refractivity contribution in [1.29, 1.82) is 0 Å². The van der Waals surface area contributed by atoms with E-state index in [1.165, 1.54) is 18.9 Å². The molecule has 25 heavy (non-hydrogen) atoms. The van der Waals surface area contributed by atoms with Crippen molar-refractivity contribution in [2.24, 2.45) is 28.6 Å². The fourth-order valence-electron chi connectivity index (χ4n) is 6.86. The van der Waals surface area contributed by atoms with Gasteiger partial charge in [0.05, 0.1) is 11.9 Å². The molecule has 0 bridgehead atoms. The lowest BCUT2D eigenvalue weighted by Crippen LogP contribution is -2.60. The third-order valence-corrected chi connectivity index (χ3v) is 8.91. The Morgan fingerprint density at radius 1 is 1.04 bits per heavy atom. The Morgan fingerprint density at radius 2 is 1.80 bits per heavy atom. The van der Waals surface area contributed by atoms with Crippen molar-refractivity contribution in [2.75, 3.05) is 0 Å². The molecule has 138 valence electrons. The third kappa shape index (κ3) is 2.24. The maximum Gasteiger partial charge on any atom is 0.335 e. The molecule has 3 aliphatic rings. The average molecular weight is 344 g/mol. The lowest BCUT2D eigenvalue weighted by atomic mass is 9.46. The zero-order valence-corrected chi connectivity index (χ0v) is 16.0. The van der Waals surface area contributed by atoms with E-state index in [9.17, 15) is 9.90 Å². The summed E-state index contributed by atoms with van der Waals surface area (Å²) in [7, 11) is 0. The van der Waals surface area contributed by atoms with Gasteiger partial charge in [-0.15, -0.1) is 0 Å². The fraction of sp³-hybridized carbons (Fsp3) is 0.773. The Labute approximate surface area is 150 Å². The van der Waals surface area contributed by atoms with Gasteiger partial charge in [0, 0.05) is 11.5 Å². The largest absolute Gasteiger partial charge is 0.431 e. The van der Waals surface area contributed by atoms with Gasteiger partial charge in [0.1, 0.15) is 0 Å². The van der Waals surface area contributed by atoms with E-state index in [1.54, 1.807) is 6.26 Å². The van der Waals surface area contributed by atoms with Gasteiger partial charge in [0.25, 0.3) is 0 Å². The SMILES string of the molecule is CC1CCC2C(CCC3(C)C(c4ccc(=O)oc4)CCC23O)C1(C)C. The van der Waals surface area contributed by atoms with Crippen molar-refractivity contribution < 1.29 is 9.52 Å². The fourth-order valence-corrected chi connectivity index (χ4v) is 6.86. The topological polar surface area (TPSA) is 50.4 Å². The minimum absolute atomic E-state index is 0.120. The lowest BCUT2D eigenvalue weighted by Gasteiger charge is -2.61. The predicted molar refractivity (Wildman–Crippen MR) is 98.4 cm³/mol. The molecule has 6 atom stereocenters. The van der Waals surface area contributed by atoms with Crippen LogP contribution in [0.3, 0.4) is 0 Å². The van der Waals surface area contributed by atoms with Gasteiger partial charge < -0.3 is 9.52 Å². The highest BCUT2D eigenvalue weighted by Gasteiger charge is 2.66. The standard InChI is InChI=1S/C22H32O3/c1-14-5-7-18-17(20(14,2)3)9-11-21(4)16(10-12-22(18,21)24)15-6-8-19(23)25-13-15/h6,8,13-14,16-18,24H,5,7,9-12H2,1-4H3. The van der Waals surface area contributed by atoms with E-state index in [0.717, 1.165) is 37.2 Å². The maximum absolute atomic E-state index is 12.0. The summed E-state index contributed by atoms with van der Waals surface area (Å²) in [6, 6.07) is 3.43. The van der Waals surface area contributed by atoms with Gasteiger partial charge in [-0.2, -0.15) is 0 Å². The molecular formula is C22H32O3. The summed E-state index contributed by atoms with van der Waals surface area (Å²) in [5.41, 5.74) is 0.380. The number of fused-ring (bicyclic) bond motifs is 3. The Bertz CT molecular complexity index is 700. The molecule has 0 saturated heterocycles. The van der Waals surface area contributed by atoms with E-state index in [0.29, 0.717) is 17.3 Å². The van der Waals surface area contributed by atoms with Crippen molar-refractivity contribution in [1.82, 2.24) is 0 Å². The van der Waals surface area contributed by atoms with Crippen LogP contribution in [0.1, 0.15) is 77.7 Å². The minimum atomic E-state index is -0.589. The van der Waals surface area contributed by atoms with Crippen LogP contribution in [0, 0.1) is 28.6 Å². The van der Waals surface area contributed by atoms with Gasteiger partial charge in [0.2, 0.25) is 0 Å². The minimum Gasteiger partial charge on any atom is -0.431 e. The van der Waals surface area contributed by atoms with Gasteiger partial charge in [-0.25, -0.2) is 4.79 Å². The normalized spacial score (nSPS) is 45.6. The molecule has 1 aromatic heterocycles. The second-order valence-corrected chi connectivity index (χ2v) is 9.87. The molecule has 4 rings (SSSR count). The van der Waals surface area contributed by atoms with Crippen LogP contribution < -0.4 is 5.63 Å². The summed E-state index contributed by atoms with van der Waals surface area (Å²) in [6.45, 7) is 9.51. The number of aliphatic hydroxyl groups is 1. The first kappa shape index (κ1) is 17.3. The zero-order valence-electron chi connectivity index (χ0n) is 16.0. The van der Waals surface area contributed by atoms with Crippen LogP contribution in [0.2, 0.25) is 0 Å². The molecule has 6 unspecified atom stereocenters. The second-order valence-electron chi connectivity index (χ2n) is 9.87. The molecule has 1 aromatic rings. The first-order valence-corrected chi connectivity index (χ1v) is 10.0. The highest BCUT2D eigenvalue weighted by molar-refractivity contribution is 5.26. The van der Waals surface area contributed by atoms with Gasteiger partial charge in [-0.05, 0) is 79.2 Å². The molecule has 3 heteroatoms. The first-order chi connectivity index (χ1) is 11.7. The lowest BCUT2D eigenvalue weighted by molar-refractivity contribution is -0.191. The Balaban J connectivity index is 1.71. The van der Waals surface area contributed by atoms with Gasteiger partial charge in [-0.1, -0.05) is 27.7 Å². The van der Waals surface area contributed by atoms with Crippen molar-refractivity contribution in [3.63, 3.8) is 0 Å². The zero-order chi connectivity index (χ0) is 18.0. The average Bonchev–Trinajstić information content (AvgIpc) is 2.84. The third-order valence-electron chi connectivity index (χ3n) is 8.91. The maximum atomic E-state index is 12.0. The van der Waals surface area contributed by atoms with E-state index in [2.05, 4.69) is 27.7 Å². The van der Waals surface area contributed by atoms with Crippen LogP contribution in [0.25, 0.3) is 0 Å². The summed E-state index contributed by atoms with van der Waals surface area (Å²) < 4.78 is 5.14. The highest BCUT2D eigenvalue weighted by Crippen LogP contribution is 2.68. The summed E-state index contributed by atoms with van der Waals surface area (Å²) in [6.07, 6.45) is 8.12. The highest BCUT2D eigenvalue weighted by atomic mass is 16.4. The molecule has 0 aromatic carbocycles. The van der Waals surface area contributed by atoms with E-state index in [1.807, 2.05) is 6.07 Å². The van der Waals surface area contributed by atoms with E-state index in [-0.39, 0.29) is 17.0 Å². The van der Waals surface area contributed by atoms with Crippen molar-refractivity contribution in [3.8, 4) is 0 Å². The van der Waals surface area contributed by atoms with Crippen molar-refractivity contribution in [3.05, 3.63) is 34.4 Å². The predicted octanol–water partition coefficient (Wildman–Crippen LogP) is 4.74. The van der Waals surface area contributed by atoms with Crippen LogP contribution >= 0.6 is 0 Å². The molecule has 1 heterocycles. The molecular weight excluding hydrogens is 312 g/mol. The van der Waals surface area contributed by atoms with Crippen LogP contribution in [0.4, 0.5) is 0 Å². The summed E-state index contributed by atoms with van der Waals surface area (Å²) >= 11 is 0. The molecule has 0 spiro atoms. The van der Waals surface area contributed by atoms with Gasteiger partial charge in [-0.3, -0.25) is 0 Å². The van der Waals surface area contributed by atoms with Crippen LogP contribution in [-0.2, 0) is 0 Å². The quantitative estimate of drug-likeness (QED) is 0.801. The molecule has 3 saturated carbocycles. The number of hydrogen-bond donors (Lipinski definition) is 1. The molecule has 1 N–H and O–H groups in total. The summed E-state index contributed by atoms with van der Waals surface area (Å²) in [4.78, 5) is 11.3. The van der Waals surface area contributed by atoms with Crippen molar-refractivity contribution in [2.45, 2.75) is 77.7 Å². The molecule has 0 amide bonds.